The molecule has 0 saturated heterocycles. The SMILES string of the molecule is O=C(O)c1cccc(S(=O)(=O)NCc2ccncn2)c1. The molecule has 0 fully saturated rings. The van der Waals surface area contributed by atoms with E-state index in [1.807, 2.05) is 0 Å². The third-order valence-corrected chi connectivity index (χ3v) is 3.88. The second-order valence-corrected chi connectivity index (χ2v) is 5.63. The van der Waals surface area contributed by atoms with Crippen LogP contribution in [0.2, 0.25) is 0 Å². The minimum absolute atomic E-state index is 0.00214. The zero-order valence-corrected chi connectivity index (χ0v) is 11.0. The molecule has 0 aliphatic heterocycles. The lowest BCUT2D eigenvalue weighted by Gasteiger charge is -2.06. The van der Waals surface area contributed by atoms with Crippen molar-refractivity contribution < 1.29 is 18.3 Å². The van der Waals surface area contributed by atoms with E-state index in [9.17, 15) is 13.2 Å². The summed E-state index contributed by atoms with van der Waals surface area (Å²) in [5, 5.41) is 8.85. The third-order valence-electron chi connectivity index (χ3n) is 2.48. The van der Waals surface area contributed by atoms with Gasteiger partial charge in [-0.15, -0.1) is 0 Å². The Morgan fingerprint density at radius 1 is 1.30 bits per heavy atom. The van der Waals surface area contributed by atoms with Gasteiger partial charge in [-0.05, 0) is 24.3 Å². The Hall–Kier alpha value is -2.32. The van der Waals surface area contributed by atoms with Gasteiger partial charge < -0.3 is 5.11 Å². The Morgan fingerprint density at radius 3 is 2.75 bits per heavy atom. The van der Waals surface area contributed by atoms with E-state index < -0.39 is 16.0 Å². The monoisotopic (exact) mass is 293 g/mol. The molecule has 20 heavy (non-hydrogen) atoms. The van der Waals surface area contributed by atoms with Crippen molar-refractivity contribution in [3.8, 4) is 0 Å². The van der Waals surface area contributed by atoms with Crippen molar-refractivity contribution in [3.63, 3.8) is 0 Å². The number of carboxylic acid groups (broad SMARTS) is 1. The van der Waals surface area contributed by atoms with Gasteiger partial charge in [0, 0.05) is 6.20 Å². The van der Waals surface area contributed by atoms with Gasteiger partial charge in [-0.2, -0.15) is 0 Å². The maximum absolute atomic E-state index is 12.0. The normalized spacial score (nSPS) is 11.2. The topological polar surface area (TPSA) is 109 Å². The summed E-state index contributed by atoms with van der Waals surface area (Å²) in [5.41, 5.74) is 0.424. The van der Waals surface area contributed by atoms with Gasteiger partial charge in [0.05, 0.1) is 22.7 Å². The molecule has 0 bridgehead atoms. The zero-order chi connectivity index (χ0) is 14.6. The molecule has 7 nitrogen and oxygen atoms in total. The van der Waals surface area contributed by atoms with E-state index in [1.54, 1.807) is 6.07 Å². The van der Waals surface area contributed by atoms with Gasteiger partial charge in [0.1, 0.15) is 6.33 Å². The van der Waals surface area contributed by atoms with E-state index in [2.05, 4.69) is 14.7 Å². The van der Waals surface area contributed by atoms with Crippen molar-refractivity contribution in [2.45, 2.75) is 11.4 Å². The largest absolute Gasteiger partial charge is 0.478 e. The Bertz CT molecular complexity index is 716. The molecular weight excluding hydrogens is 282 g/mol. The zero-order valence-electron chi connectivity index (χ0n) is 10.2. The van der Waals surface area contributed by atoms with Crippen molar-refractivity contribution in [1.82, 2.24) is 14.7 Å². The minimum Gasteiger partial charge on any atom is -0.478 e. The predicted molar refractivity (Wildman–Crippen MR) is 69.5 cm³/mol. The minimum atomic E-state index is -3.79. The first-order valence-corrected chi connectivity index (χ1v) is 7.05. The number of carboxylic acids is 1. The van der Waals surface area contributed by atoms with Gasteiger partial charge in [0.15, 0.2) is 0 Å². The number of hydrogen-bond acceptors (Lipinski definition) is 5. The first-order valence-electron chi connectivity index (χ1n) is 5.57. The highest BCUT2D eigenvalue weighted by atomic mass is 32.2. The molecule has 0 spiro atoms. The van der Waals surface area contributed by atoms with Gasteiger partial charge in [-0.3, -0.25) is 0 Å². The smallest absolute Gasteiger partial charge is 0.335 e. The quantitative estimate of drug-likeness (QED) is 0.837. The molecule has 0 atom stereocenters. The van der Waals surface area contributed by atoms with E-state index in [4.69, 9.17) is 5.11 Å². The average Bonchev–Trinajstić information content (AvgIpc) is 2.46. The van der Waals surface area contributed by atoms with E-state index in [0.717, 1.165) is 6.07 Å². The highest BCUT2D eigenvalue weighted by molar-refractivity contribution is 7.89. The van der Waals surface area contributed by atoms with Crippen LogP contribution in [0.25, 0.3) is 0 Å². The molecule has 2 aromatic rings. The molecule has 104 valence electrons. The molecule has 2 N–H and O–H groups in total. The summed E-state index contributed by atoms with van der Waals surface area (Å²) in [6, 6.07) is 6.71. The molecule has 0 unspecified atom stereocenters. The molecule has 1 aromatic carbocycles. The van der Waals surface area contributed by atoms with Crippen LogP contribution in [-0.2, 0) is 16.6 Å². The lowest BCUT2D eigenvalue weighted by atomic mass is 10.2. The van der Waals surface area contributed by atoms with Crippen LogP contribution >= 0.6 is 0 Å². The number of hydrogen-bond donors (Lipinski definition) is 2. The number of sulfonamides is 1. The average molecular weight is 293 g/mol. The van der Waals surface area contributed by atoms with Crippen molar-refractivity contribution in [1.29, 1.82) is 0 Å². The summed E-state index contributed by atoms with van der Waals surface area (Å²) >= 11 is 0. The molecule has 0 aliphatic rings. The first-order chi connectivity index (χ1) is 9.49. The summed E-state index contributed by atoms with van der Waals surface area (Å²) < 4.78 is 26.4. The van der Waals surface area contributed by atoms with E-state index in [1.165, 1.54) is 30.7 Å². The fourth-order valence-corrected chi connectivity index (χ4v) is 2.52. The van der Waals surface area contributed by atoms with Crippen molar-refractivity contribution >= 4 is 16.0 Å². The highest BCUT2D eigenvalue weighted by Crippen LogP contribution is 2.12. The Labute approximate surface area is 115 Å². The summed E-state index contributed by atoms with van der Waals surface area (Å²) in [4.78, 5) is 18.3. The number of aromatic carboxylic acids is 1. The Kier molecular flexibility index (Phi) is 4.06. The molecule has 8 heteroatoms. The molecule has 0 aliphatic carbocycles. The molecule has 0 saturated carbocycles. The Balaban J connectivity index is 2.18. The Morgan fingerprint density at radius 2 is 2.10 bits per heavy atom. The first kappa shape index (κ1) is 14.1. The number of benzene rings is 1. The molecule has 0 radical (unpaired) electrons. The van der Waals surface area contributed by atoms with Crippen molar-refractivity contribution in [2.75, 3.05) is 0 Å². The fraction of sp³-hybridized carbons (Fsp3) is 0.0833. The summed E-state index contributed by atoms with van der Waals surface area (Å²) in [6.07, 6.45) is 2.82. The van der Waals surface area contributed by atoms with Gasteiger partial charge in [0.2, 0.25) is 10.0 Å². The van der Waals surface area contributed by atoms with Crippen LogP contribution in [0.1, 0.15) is 16.1 Å². The molecular formula is C12H11N3O4S. The summed E-state index contributed by atoms with van der Waals surface area (Å²) in [7, 11) is -3.79. The number of carbonyl (C=O) groups is 1. The van der Waals surface area contributed by atoms with Gasteiger partial charge in [-0.1, -0.05) is 6.07 Å². The predicted octanol–water partition coefficient (Wildman–Crippen LogP) is 0.653. The molecule has 0 amide bonds. The number of aromatic nitrogens is 2. The number of rotatable bonds is 5. The van der Waals surface area contributed by atoms with Gasteiger partial charge in [0.25, 0.3) is 0 Å². The van der Waals surface area contributed by atoms with Crippen LogP contribution < -0.4 is 4.72 Å². The second kappa shape index (κ2) is 5.76. The number of nitrogens with one attached hydrogen (secondary N) is 1. The van der Waals surface area contributed by atoms with Crippen LogP contribution in [0.4, 0.5) is 0 Å². The summed E-state index contributed by atoms with van der Waals surface area (Å²) in [6.45, 7) is 0.00214. The van der Waals surface area contributed by atoms with Gasteiger partial charge in [-0.25, -0.2) is 27.9 Å². The lowest BCUT2D eigenvalue weighted by Crippen LogP contribution is -2.24. The van der Waals surface area contributed by atoms with E-state index in [-0.39, 0.29) is 17.0 Å². The van der Waals surface area contributed by atoms with Crippen molar-refractivity contribution in [3.05, 3.63) is 54.1 Å². The van der Waals surface area contributed by atoms with E-state index >= 15 is 0 Å². The van der Waals surface area contributed by atoms with E-state index in [0.29, 0.717) is 5.69 Å². The standard InChI is InChI=1S/C12H11N3O4S/c16-12(17)9-2-1-3-11(6-9)20(18,19)15-7-10-4-5-13-8-14-10/h1-6,8,15H,7H2,(H,16,17). The van der Waals surface area contributed by atoms with Crippen LogP contribution in [0.5, 0.6) is 0 Å². The molecule has 1 heterocycles. The third kappa shape index (κ3) is 3.37. The van der Waals surface area contributed by atoms with Crippen molar-refractivity contribution in [2.24, 2.45) is 0 Å². The maximum atomic E-state index is 12.0. The molecule has 1 aromatic heterocycles. The molecule has 2 rings (SSSR count). The van der Waals surface area contributed by atoms with Crippen LogP contribution in [0, 0.1) is 0 Å². The number of nitrogens with zero attached hydrogens (tertiary/aromatic N) is 2. The maximum Gasteiger partial charge on any atom is 0.335 e. The highest BCUT2D eigenvalue weighted by Gasteiger charge is 2.15. The second-order valence-electron chi connectivity index (χ2n) is 3.86. The van der Waals surface area contributed by atoms with Gasteiger partial charge >= 0.3 is 5.97 Å². The van der Waals surface area contributed by atoms with Crippen LogP contribution in [0.3, 0.4) is 0 Å². The lowest BCUT2D eigenvalue weighted by molar-refractivity contribution is 0.0696. The van der Waals surface area contributed by atoms with Crippen LogP contribution in [0.15, 0.2) is 47.8 Å². The summed E-state index contributed by atoms with van der Waals surface area (Å²) in [5.74, 6) is -1.18. The van der Waals surface area contributed by atoms with Crippen LogP contribution in [-0.4, -0.2) is 29.5 Å². The fourth-order valence-electron chi connectivity index (χ4n) is 1.47.